The van der Waals surface area contributed by atoms with E-state index in [1.54, 1.807) is 12.5 Å². The van der Waals surface area contributed by atoms with Crippen molar-refractivity contribution < 1.29 is 9.90 Å². The fraction of sp³-hybridized carbons (Fsp3) is 0.200. The van der Waals surface area contributed by atoms with Crippen molar-refractivity contribution in [2.24, 2.45) is 0 Å². The minimum atomic E-state index is -1.00. The second kappa shape index (κ2) is 6.58. The molecule has 5 rings (SSSR count). The number of hydrogen-bond acceptors (Lipinski definition) is 5. The van der Waals surface area contributed by atoms with Crippen LogP contribution in [0.4, 0.5) is 0 Å². The molecule has 0 radical (unpaired) electrons. The Morgan fingerprint density at radius 2 is 2.14 bits per heavy atom. The van der Waals surface area contributed by atoms with Gasteiger partial charge in [0.25, 0.3) is 0 Å². The standard InChI is InChI=1S/C20H18N6O2/c27-20(28)17-12(9-24-25-17)10-26-8-6-16-18(23-11-22-16)19(26)14-5-7-21-15-4-2-1-3-13(14)15/h1-5,7,9,11,19H,6,8,10H2,(H,22,23)(H,24,25)(H,27,28). The number of H-pyrrole nitrogens is 2. The van der Waals surface area contributed by atoms with Gasteiger partial charge in [-0.2, -0.15) is 5.10 Å². The molecule has 4 heterocycles. The predicted molar refractivity (Wildman–Crippen MR) is 102 cm³/mol. The van der Waals surface area contributed by atoms with E-state index in [2.05, 4.69) is 36.1 Å². The van der Waals surface area contributed by atoms with Crippen LogP contribution in [0.5, 0.6) is 0 Å². The molecule has 1 atom stereocenters. The van der Waals surface area contributed by atoms with Crippen molar-refractivity contribution in [2.45, 2.75) is 19.0 Å². The van der Waals surface area contributed by atoms with Gasteiger partial charge in [-0.3, -0.25) is 15.0 Å². The first-order chi connectivity index (χ1) is 13.7. The highest BCUT2D eigenvalue weighted by atomic mass is 16.4. The molecular weight excluding hydrogens is 356 g/mol. The number of carboxylic acids is 1. The number of aromatic nitrogens is 5. The number of aromatic carboxylic acids is 1. The van der Waals surface area contributed by atoms with Gasteiger partial charge in [0.2, 0.25) is 0 Å². The number of nitrogens with one attached hydrogen (secondary N) is 2. The highest BCUT2D eigenvalue weighted by molar-refractivity contribution is 5.87. The lowest BCUT2D eigenvalue weighted by molar-refractivity contribution is 0.0687. The van der Waals surface area contributed by atoms with Crippen molar-refractivity contribution in [2.75, 3.05) is 6.54 Å². The van der Waals surface area contributed by atoms with Crippen LogP contribution in [0.2, 0.25) is 0 Å². The van der Waals surface area contributed by atoms with Crippen LogP contribution >= 0.6 is 0 Å². The number of carbonyl (C=O) groups is 1. The lowest BCUT2D eigenvalue weighted by Gasteiger charge is -2.35. The summed E-state index contributed by atoms with van der Waals surface area (Å²) in [6.07, 6.45) is 5.96. The molecule has 0 saturated heterocycles. The minimum Gasteiger partial charge on any atom is -0.477 e. The molecule has 8 heteroatoms. The average molecular weight is 374 g/mol. The summed E-state index contributed by atoms with van der Waals surface area (Å²) in [5.41, 5.74) is 4.92. The van der Waals surface area contributed by atoms with Crippen molar-refractivity contribution in [1.82, 2.24) is 30.0 Å². The first-order valence-electron chi connectivity index (χ1n) is 9.07. The summed E-state index contributed by atoms with van der Waals surface area (Å²) in [6, 6.07) is 9.97. The molecule has 28 heavy (non-hydrogen) atoms. The highest BCUT2D eigenvalue weighted by Gasteiger charge is 2.33. The van der Waals surface area contributed by atoms with E-state index < -0.39 is 5.97 Å². The van der Waals surface area contributed by atoms with Crippen molar-refractivity contribution >= 4 is 16.9 Å². The fourth-order valence-corrected chi connectivity index (χ4v) is 4.03. The van der Waals surface area contributed by atoms with E-state index in [0.717, 1.165) is 40.8 Å². The van der Waals surface area contributed by atoms with Crippen LogP contribution in [0, 0.1) is 0 Å². The number of pyridine rings is 1. The van der Waals surface area contributed by atoms with E-state index in [1.165, 1.54) is 0 Å². The molecule has 0 fully saturated rings. The van der Waals surface area contributed by atoms with Crippen molar-refractivity contribution in [1.29, 1.82) is 0 Å². The summed E-state index contributed by atoms with van der Waals surface area (Å²) < 4.78 is 0. The fourth-order valence-electron chi connectivity index (χ4n) is 4.03. The number of nitrogens with zero attached hydrogens (tertiary/aromatic N) is 4. The molecule has 1 aliphatic rings. The summed E-state index contributed by atoms with van der Waals surface area (Å²) in [7, 11) is 0. The van der Waals surface area contributed by atoms with Crippen molar-refractivity contribution in [3.63, 3.8) is 0 Å². The third-order valence-electron chi connectivity index (χ3n) is 5.31. The lowest BCUT2D eigenvalue weighted by atomic mass is 9.93. The van der Waals surface area contributed by atoms with E-state index in [0.29, 0.717) is 12.1 Å². The summed E-state index contributed by atoms with van der Waals surface area (Å²) in [5.74, 6) is -1.00. The maximum absolute atomic E-state index is 11.5. The Morgan fingerprint density at radius 3 is 3.04 bits per heavy atom. The predicted octanol–water partition coefficient (Wildman–Crippen LogP) is 2.53. The zero-order valence-corrected chi connectivity index (χ0v) is 15.0. The maximum atomic E-state index is 11.5. The molecule has 8 nitrogen and oxygen atoms in total. The number of hydrogen-bond donors (Lipinski definition) is 3. The van der Waals surface area contributed by atoms with Crippen molar-refractivity contribution in [3.05, 3.63) is 77.3 Å². The van der Waals surface area contributed by atoms with Gasteiger partial charge in [0, 0.05) is 42.4 Å². The molecule has 0 spiro atoms. The van der Waals surface area contributed by atoms with Crippen LogP contribution in [0.1, 0.15) is 39.0 Å². The number of carboxylic acid groups (broad SMARTS) is 1. The molecule has 0 saturated carbocycles. The molecule has 0 bridgehead atoms. The van der Waals surface area contributed by atoms with Gasteiger partial charge in [-0.05, 0) is 17.7 Å². The van der Waals surface area contributed by atoms with Crippen LogP contribution in [0.25, 0.3) is 10.9 Å². The van der Waals surface area contributed by atoms with Crippen LogP contribution in [0.15, 0.2) is 49.1 Å². The molecule has 3 aromatic heterocycles. The van der Waals surface area contributed by atoms with Gasteiger partial charge in [-0.1, -0.05) is 18.2 Å². The molecule has 140 valence electrons. The monoisotopic (exact) mass is 374 g/mol. The van der Waals surface area contributed by atoms with E-state index >= 15 is 0 Å². The van der Waals surface area contributed by atoms with Gasteiger partial charge in [-0.15, -0.1) is 0 Å². The number of rotatable bonds is 4. The second-order valence-corrected chi connectivity index (χ2v) is 6.88. The largest absolute Gasteiger partial charge is 0.477 e. The Morgan fingerprint density at radius 1 is 1.25 bits per heavy atom. The van der Waals surface area contributed by atoms with E-state index in [9.17, 15) is 9.90 Å². The smallest absolute Gasteiger partial charge is 0.354 e. The Kier molecular flexibility index (Phi) is 3.91. The molecule has 3 N–H and O–H groups in total. The van der Waals surface area contributed by atoms with Crippen LogP contribution < -0.4 is 0 Å². The Labute approximate surface area is 160 Å². The Hall–Kier alpha value is -3.52. The molecule has 0 aliphatic carbocycles. The molecule has 1 unspecified atom stereocenters. The number of para-hydroxylation sites is 1. The molecule has 1 aromatic carbocycles. The quantitative estimate of drug-likeness (QED) is 0.506. The summed E-state index contributed by atoms with van der Waals surface area (Å²) in [6.45, 7) is 1.24. The number of aromatic amines is 2. The summed E-state index contributed by atoms with van der Waals surface area (Å²) >= 11 is 0. The van der Waals surface area contributed by atoms with Crippen LogP contribution in [-0.2, 0) is 13.0 Å². The second-order valence-electron chi connectivity index (χ2n) is 6.88. The lowest BCUT2D eigenvalue weighted by Crippen LogP contribution is -2.36. The number of benzene rings is 1. The van der Waals surface area contributed by atoms with Gasteiger partial charge in [0.1, 0.15) is 5.69 Å². The Bertz CT molecular complexity index is 1160. The van der Waals surface area contributed by atoms with Gasteiger partial charge in [-0.25, -0.2) is 9.78 Å². The molecule has 4 aromatic rings. The van der Waals surface area contributed by atoms with Crippen molar-refractivity contribution in [3.8, 4) is 0 Å². The van der Waals surface area contributed by atoms with Gasteiger partial charge >= 0.3 is 5.97 Å². The zero-order chi connectivity index (χ0) is 19.1. The summed E-state index contributed by atoms with van der Waals surface area (Å²) in [5, 5.41) is 17.0. The highest BCUT2D eigenvalue weighted by Crippen LogP contribution is 2.37. The first-order valence-corrected chi connectivity index (χ1v) is 9.07. The molecule has 1 aliphatic heterocycles. The van der Waals surface area contributed by atoms with Gasteiger partial charge in [0.15, 0.2) is 0 Å². The molecule has 0 amide bonds. The van der Waals surface area contributed by atoms with E-state index in [4.69, 9.17) is 0 Å². The summed E-state index contributed by atoms with van der Waals surface area (Å²) in [4.78, 5) is 26.1. The topological polar surface area (TPSA) is 111 Å². The van der Waals surface area contributed by atoms with Crippen LogP contribution in [-0.4, -0.2) is 47.7 Å². The Balaban J connectivity index is 1.63. The van der Waals surface area contributed by atoms with E-state index in [1.807, 2.05) is 30.5 Å². The number of fused-ring (bicyclic) bond motifs is 2. The normalized spacial score (nSPS) is 16.9. The average Bonchev–Trinajstić information content (AvgIpc) is 3.37. The first kappa shape index (κ1) is 16.6. The third kappa shape index (κ3) is 2.66. The van der Waals surface area contributed by atoms with Gasteiger partial charge in [0.05, 0.1) is 29.8 Å². The molecular formula is C20H18N6O2. The number of imidazole rings is 1. The van der Waals surface area contributed by atoms with Crippen LogP contribution in [0.3, 0.4) is 0 Å². The van der Waals surface area contributed by atoms with Gasteiger partial charge < -0.3 is 10.1 Å². The third-order valence-corrected chi connectivity index (χ3v) is 5.31. The van der Waals surface area contributed by atoms with E-state index in [-0.39, 0.29) is 11.7 Å². The maximum Gasteiger partial charge on any atom is 0.354 e. The minimum absolute atomic E-state index is 0.0977. The zero-order valence-electron chi connectivity index (χ0n) is 15.0. The SMILES string of the molecule is O=C(O)c1[nH]ncc1CN1CCc2[nH]cnc2C1c1ccnc2ccccc12.